The highest BCUT2D eigenvalue weighted by atomic mass is 19.1. The van der Waals surface area contributed by atoms with Crippen molar-refractivity contribution in [2.24, 2.45) is 0 Å². The summed E-state index contributed by atoms with van der Waals surface area (Å²) >= 11 is 0. The summed E-state index contributed by atoms with van der Waals surface area (Å²) in [6.07, 6.45) is 6.66. The molecule has 2 heterocycles. The Labute approximate surface area is 139 Å². The molecule has 1 N–H and O–H groups in total. The summed E-state index contributed by atoms with van der Waals surface area (Å²) in [6.45, 7) is 1.91. The highest BCUT2D eigenvalue weighted by Gasteiger charge is 2.14. The number of methoxy groups -OCH3 is 1. The summed E-state index contributed by atoms with van der Waals surface area (Å²) in [6, 6.07) is 4.05. The molecule has 6 nitrogen and oxygen atoms in total. The van der Waals surface area contributed by atoms with Crippen molar-refractivity contribution in [3.05, 3.63) is 42.0 Å². The van der Waals surface area contributed by atoms with Crippen LogP contribution in [-0.2, 0) is 0 Å². The molecular formula is C17H19FN4O2. The Balaban J connectivity index is 1.67. The van der Waals surface area contributed by atoms with Gasteiger partial charge in [-0.1, -0.05) is 0 Å². The molecule has 1 aliphatic rings. The van der Waals surface area contributed by atoms with E-state index in [1.165, 1.54) is 25.7 Å². The number of aromatic nitrogens is 2. The van der Waals surface area contributed by atoms with Crippen LogP contribution in [0.5, 0.6) is 5.75 Å². The van der Waals surface area contributed by atoms with Crippen LogP contribution in [0.4, 0.5) is 16.0 Å². The molecule has 2 aromatic rings. The molecule has 0 radical (unpaired) electrons. The number of halogens is 1. The van der Waals surface area contributed by atoms with Gasteiger partial charge < -0.3 is 15.0 Å². The van der Waals surface area contributed by atoms with Crippen LogP contribution in [0.1, 0.15) is 29.6 Å². The lowest BCUT2D eigenvalue weighted by atomic mass is 10.1. The standard InChI is InChI=1S/C17H19FN4O2/c1-24-15-6-5-12(9-14(15)18)16(23)21-13-10-19-17(20-11-13)22-7-3-2-4-8-22/h5-6,9-11H,2-4,7-8H2,1H3,(H,21,23). The minimum Gasteiger partial charge on any atom is -0.494 e. The van der Waals surface area contributed by atoms with Crippen LogP contribution < -0.4 is 15.0 Å². The van der Waals surface area contributed by atoms with Crippen LogP contribution in [0.15, 0.2) is 30.6 Å². The van der Waals surface area contributed by atoms with Gasteiger partial charge in [0.05, 0.1) is 25.2 Å². The fraction of sp³-hybridized carbons (Fsp3) is 0.353. The van der Waals surface area contributed by atoms with Crippen molar-refractivity contribution >= 4 is 17.5 Å². The first-order valence-corrected chi connectivity index (χ1v) is 7.89. The number of piperidine rings is 1. The molecule has 24 heavy (non-hydrogen) atoms. The van der Waals surface area contributed by atoms with E-state index in [1.54, 1.807) is 12.4 Å². The Hall–Kier alpha value is -2.70. The third-order valence-electron chi connectivity index (χ3n) is 3.95. The average molecular weight is 330 g/mol. The molecule has 0 bridgehead atoms. The van der Waals surface area contributed by atoms with Gasteiger partial charge in [0.15, 0.2) is 11.6 Å². The predicted molar refractivity (Wildman–Crippen MR) is 89.0 cm³/mol. The van der Waals surface area contributed by atoms with Crippen molar-refractivity contribution in [1.29, 1.82) is 0 Å². The number of anilines is 2. The van der Waals surface area contributed by atoms with Gasteiger partial charge in [-0.3, -0.25) is 4.79 Å². The zero-order valence-corrected chi connectivity index (χ0v) is 13.5. The maximum atomic E-state index is 13.7. The number of nitrogens with zero attached hydrogens (tertiary/aromatic N) is 3. The smallest absolute Gasteiger partial charge is 0.255 e. The number of hydrogen-bond acceptors (Lipinski definition) is 5. The molecule has 1 aromatic heterocycles. The monoisotopic (exact) mass is 330 g/mol. The van der Waals surface area contributed by atoms with Crippen molar-refractivity contribution in [2.75, 3.05) is 30.4 Å². The topological polar surface area (TPSA) is 67.3 Å². The fourth-order valence-electron chi connectivity index (χ4n) is 2.65. The van der Waals surface area contributed by atoms with Gasteiger partial charge in [0, 0.05) is 18.7 Å². The number of carbonyl (C=O) groups is 1. The molecule has 1 aliphatic heterocycles. The van der Waals surface area contributed by atoms with Gasteiger partial charge in [-0.2, -0.15) is 0 Å². The molecule has 0 saturated carbocycles. The molecule has 7 heteroatoms. The van der Waals surface area contributed by atoms with Gasteiger partial charge in [0.25, 0.3) is 5.91 Å². The summed E-state index contributed by atoms with van der Waals surface area (Å²) < 4.78 is 18.5. The Morgan fingerprint density at radius 3 is 2.54 bits per heavy atom. The van der Waals surface area contributed by atoms with Gasteiger partial charge in [-0.25, -0.2) is 14.4 Å². The van der Waals surface area contributed by atoms with Crippen molar-refractivity contribution < 1.29 is 13.9 Å². The van der Waals surface area contributed by atoms with Gasteiger partial charge in [0.2, 0.25) is 5.95 Å². The molecule has 0 unspecified atom stereocenters. The minimum atomic E-state index is -0.582. The zero-order valence-electron chi connectivity index (χ0n) is 13.5. The summed E-state index contributed by atoms with van der Waals surface area (Å²) in [7, 11) is 1.37. The van der Waals surface area contributed by atoms with E-state index in [2.05, 4.69) is 20.2 Å². The van der Waals surface area contributed by atoms with E-state index in [-0.39, 0.29) is 11.3 Å². The summed E-state index contributed by atoms with van der Waals surface area (Å²) in [5.74, 6) is -0.239. The van der Waals surface area contributed by atoms with Crippen LogP contribution in [-0.4, -0.2) is 36.1 Å². The fourth-order valence-corrected chi connectivity index (χ4v) is 2.65. The molecule has 0 atom stereocenters. The molecule has 1 fully saturated rings. The third-order valence-corrected chi connectivity index (χ3v) is 3.95. The van der Waals surface area contributed by atoms with E-state index in [0.29, 0.717) is 11.6 Å². The molecule has 1 amide bonds. The molecular weight excluding hydrogens is 311 g/mol. The largest absolute Gasteiger partial charge is 0.494 e. The lowest BCUT2D eigenvalue weighted by molar-refractivity contribution is 0.102. The van der Waals surface area contributed by atoms with E-state index in [1.807, 2.05) is 0 Å². The summed E-state index contributed by atoms with van der Waals surface area (Å²) in [5, 5.41) is 2.66. The van der Waals surface area contributed by atoms with Crippen LogP contribution in [0, 0.1) is 5.82 Å². The summed E-state index contributed by atoms with van der Waals surface area (Å²) in [5.41, 5.74) is 0.672. The van der Waals surface area contributed by atoms with Gasteiger partial charge >= 0.3 is 0 Å². The lowest BCUT2D eigenvalue weighted by Crippen LogP contribution is -2.30. The van der Waals surface area contributed by atoms with Crippen LogP contribution in [0.25, 0.3) is 0 Å². The van der Waals surface area contributed by atoms with Crippen molar-refractivity contribution in [3.8, 4) is 5.75 Å². The van der Waals surface area contributed by atoms with E-state index < -0.39 is 11.7 Å². The second kappa shape index (κ2) is 7.25. The first kappa shape index (κ1) is 16.2. The number of rotatable bonds is 4. The number of benzene rings is 1. The van der Waals surface area contributed by atoms with E-state index >= 15 is 0 Å². The first-order valence-electron chi connectivity index (χ1n) is 7.89. The second-order valence-electron chi connectivity index (χ2n) is 5.62. The van der Waals surface area contributed by atoms with Gasteiger partial charge in [0.1, 0.15) is 0 Å². The Morgan fingerprint density at radius 1 is 1.21 bits per heavy atom. The van der Waals surface area contributed by atoms with Crippen LogP contribution in [0.2, 0.25) is 0 Å². The van der Waals surface area contributed by atoms with Crippen molar-refractivity contribution in [1.82, 2.24) is 9.97 Å². The average Bonchev–Trinajstić information content (AvgIpc) is 2.63. The molecule has 1 aromatic carbocycles. The Morgan fingerprint density at radius 2 is 1.92 bits per heavy atom. The Kier molecular flexibility index (Phi) is 4.88. The predicted octanol–water partition coefficient (Wildman–Crippen LogP) is 2.87. The normalized spacial score (nSPS) is 14.3. The zero-order chi connectivity index (χ0) is 16.9. The lowest BCUT2D eigenvalue weighted by Gasteiger charge is -2.26. The van der Waals surface area contributed by atoms with Gasteiger partial charge in [-0.15, -0.1) is 0 Å². The highest BCUT2D eigenvalue weighted by Crippen LogP contribution is 2.19. The van der Waals surface area contributed by atoms with E-state index in [0.717, 1.165) is 32.0 Å². The first-order chi connectivity index (χ1) is 11.7. The van der Waals surface area contributed by atoms with Crippen LogP contribution >= 0.6 is 0 Å². The number of carbonyl (C=O) groups excluding carboxylic acids is 1. The van der Waals surface area contributed by atoms with E-state index in [4.69, 9.17) is 4.74 Å². The minimum absolute atomic E-state index is 0.0979. The second-order valence-corrected chi connectivity index (χ2v) is 5.62. The third kappa shape index (κ3) is 3.61. The van der Waals surface area contributed by atoms with E-state index in [9.17, 15) is 9.18 Å². The highest BCUT2D eigenvalue weighted by molar-refractivity contribution is 6.04. The maximum Gasteiger partial charge on any atom is 0.255 e. The molecule has 126 valence electrons. The SMILES string of the molecule is COc1ccc(C(=O)Nc2cnc(N3CCCCC3)nc2)cc1F. The van der Waals surface area contributed by atoms with Crippen molar-refractivity contribution in [2.45, 2.75) is 19.3 Å². The number of ether oxygens (including phenoxy) is 1. The molecule has 0 spiro atoms. The Bertz CT molecular complexity index is 715. The van der Waals surface area contributed by atoms with Crippen molar-refractivity contribution in [3.63, 3.8) is 0 Å². The van der Waals surface area contributed by atoms with Gasteiger partial charge in [-0.05, 0) is 37.5 Å². The quantitative estimate of drug-likeness (QED) is 0.934. The number of nitrogens with one attached hydrogen (secondary N) is 1. The maximum absolute atomic E-state index is 13.7. The number of hydrogen-bond donors (Lipinski definition) is 1. The molecule has 0 aliphatic carbocycles. The van der Waals surface area contributed by atoms with Crippen LogP contribution in [0.3, 0.4) is 0 Å². The molecule has 3 rings (SSSR count). The number of amides is 1. The summed E-state index contributed by atoms with van der Waals surface area (Å²) in [4.78, 5) is 22.9. The molecule has 1 saturated heterocycles.